The molecule has 2 nitrogen and oxygen atoms in total. The molecular formula is C14H25FN2. The molecule has 2 unspecified atom stereocenters. The summed E-state index contributed by atoms with van der Waals surface area (Å²) < 4.78 is 13.7. The van der Waals surface area contributed by atoms with Gasteiger partial charge in [0.05, 0.1) is 0 Å². The van der Waals surface area contributed by atoms with Gasteiger partial charge in [0.1, 0.15) is 6.17 Å². The third kappa shape index (κ3) is 3.00. The van der Waals surface area contributed by atoms with Crippen molar-refractivity contribution >= 4 is 0 Å². The molecule has 3 aliphatic rings. The van der Waals surface area contributed by atoms with Gasteiger partial charge in [-0.2, -0.15) is 0 Å². The molecule has 0 aromatic rings. The average Bonchev–Trinajstić information content (AvgIpc) is 2.88. The molecule has 0 radical (unpaired) electrons. The first-order valence-electron chi connectivity index (χ1n) is 7.25. The zero-order chi connectivity index (χ0) is 11.8. The summed E-state index contributed by atoms with van der Waals surface area (Å²) >= 11 is 0. The maximum Gasteiger partial charge on any atom is 0.118 e. The molecule has 3 atom stereocenters. The van der Waals surface area contributed by atoms with Gasteiger partial charge in [0, 0.05) is 32.1 Å². The van der Waals surface area contributed by atoms with Gasteiger partial charge in [-0.1, -0.05) is 12.8 Å². The van der Waals surface area contributed by atoms with Crippen molar-refractivity contribution in [1.29, 1.82) is 0 Å². The van der Waals surface area contributed by atoms with Gasteiger partial charge in [-0.15, -0.1) is 0 Å². The van der Waals surface area contributed by atoms with Gasteiger partial charge in [0.15, 0.2) is 0 Å². The van der Waals surface area contributed by atoms with Crippen molar-refractivity contribution in [2.24, 2.45) is 17.8 Å². The highest BCUT2D eigenvalue weighted by Gasteiger charge is 2.35. The molecule has 17 heavy (non-hydrogen) atoms. The van der Waals surface area contributed by atoms with Gasteiger partial charge in [-0.05, 0) is 38.3 Å². The quantitative estimate of drug-likeness (QED) is 0.741. The minimum absolute atomic E-state index is 0.264. The number of rotatable bonds is 4. The Morgan fingerprint density at radius 2 is 1.88 bits per heavy atom. The second-order valence-electron chi connectivity index (χ2n) is 6.59. The topological polar surface area (TPSA) is 6.48 Å². The third-order valence-electron chi connectivity index (χ3n) is 4.77. The molecular weight excluding hydrogens is 215 g/mol. The third-order valence-corrected chi connectivity index (χ3v) is 4.77. The summed E-state index contributed by atoms with van der Waals surface area (Å²) in [5, 5.41) is 0. The summed E-state index contributed by atoms with van der Waals surface area (Å²) in [6, 6.07) is 0. The molecule has 1 aliphatic carbocycles. The number of likely N-dealkylation sites (tertiary alicyclic amines) is 2. The molecule has 3 fully saturated rings. The van der Waals surface area contributed by atoms with Crippen LogP contribution in [0.15, 0.2) is 0 Å². The Labute approximate surface area is 104 Å². The number of halogens is 1. The fourth-order valence-corrected chi connectivity index (χ4v) is 3.64. The molecule has 2 heterocycles. The van der Waals surface area contributed by atoms with E-state index in [1.807, 2.05) is 7.05 Å². The van der Waals surface area contributed by atoms with E-state index in [2.05, 4.69) is 9.80 Å². The van der Waals surface area contributed by atoms with Gasteiger partial charge in [0.2, 0.25) is 0 Å². The average molecular weight is 240 g/mol. The van der Waals surface area contributed by atoms with Crippen LogP contribution in [0, 0.1) is 17.8 Å². The van der Waals surface area contributed by atoms with Crippen molar-refractivity contribution in [2.45, 2.75) is 31.9 Å². The zero-order valence-electron chi connectivity index (χ0n) is 10.9. The van der Waals surface area contributed by atoms with E-state index in [0.717, 1.165) is 24.9 Å². The highest BCUT2D eigenvalue weighted by molar-refractivity contribution is 4.88. The molecule has 0 spiro atoms. The number of nitrogens with zero attached hydrogens (tertiary/aromatic N) is 2. The van der Waals surface area contributed by atoms with E-state index in [0.29, 0.717) is 6.54 Å². The van der Waals surface area contributed by atoms with Crippen LogP contribution in [0.1, 0.15) is 25.7 Å². The number of hydrogen-bond donors (Lipinski definition) is 0. The highest BCUT2D eigenvalue weighted by atomic mass is 19.1. The summed E-state index contributed by atoms with van der Waals surface area (Å²) in [5.74, 6) is 2.23. The normalized spacial score (nSPS) is 40.2. The minimum Gasteiger partial charge on any atom is -0.303 e. The van der Waals surface area contributed by atoms with E-state index in [-0.39, 0.29) is 5.92 Å². The SMILES string of the molecule is CN1CC(CN2CCC(CC3CC3)C2)[C@H](F)C1. The lowest BCUT2D eigenvalue weighted by Gasteiger charge is -2.21. The molecule has 3 heteroatoms. The van der Waals surface area contributed by atoms with E-state index in [1.165, 1.54) is 38.8 Å². The van der Waals surface area contributed by atoms with Crippen molar-refractivity contribution in [2.75, 3.05) is 39.8 Å². The lowest BCUT2D eigenvalue weighted by atomic mass is 10.0. The Hall–Kier alpha value is -0.150. The number of alkyl halides is 1. The summed E-state index contributed by atoms with van der Waals surface area (Å²) in [4.78, 5) is 4.65. The van der Waals surface area contributed by atoms with E-state index >= 15 is 0 Å². The zero-order valence-corrected chi connectivity index (χ0v) is 10.9. The van der Waals surface area contributed by atoms with Gasteiger partial charge in [-0.3, -0.25) is 0 Å². The second kappa shape index (κ2) is 4.85. The Morgan fingerprint density at radius 1 is 1.06 bits per heavy atom. The van der Waals surface area contributed by atoms with E-state index in [9.17, 15) is 4.39 Å². The first kappa shape index (κ1) is 11.9. The van der Waals surface area contributed by atoms with Gasteiger partial charge < -0.3 is 9.80 Å². The standard InChI is InChI=1S/C14H25FN2/c1-16-8-13(14(15)10-16)9-17-5-4-12(7-17)6-11-2-3-11/h11-14H,2-10H2,1H3/t12?,13?,14-/m1/s1. The van der Waals surface area contributed by atoms with Crippen molar-refractivity contribution in [3.8, 4) is 0 Å². The predicted molar refractivity (Wildman–Crippen MR) is 67.8 cm³/mol. The van der Waals surface area contributed by atoms with Crippen molar-refractivity contribution < 1.29 is 4.39 Å². The summed E-state index contributed by atoms with van der Waals surface area (Å²) in [5.41, 5.74) is 0. The Bertz CT molecular complexity index is 267. The number of hydrogen-bond acceptors (Lipinski definition) is 2. The van der Waals surface area contributed by atoms with Gasteiger partial charge in [0.25, 0.3) is 0 Å². The molecule has 98 valence electrons. The smallest absolute Gasteiger partial charge is 0.118 e. The predicted octanol–water partition coefficient (Wildman–Crippen LogP) is 2.01. The Morgan fingerprint density at radius 3 is 2.53 bits per heavy atom. The molecule has 0 amide bonds. The lowest BCUT2D eigenvalue weighted by Crippen LogP contribution is -2.32. The molecule has 2 aliphatic heterocycles. The van der Waals surface area contributed by atoms with E-state index in [1.54, 1.807) is 0 Å². The Balaban J connectivity index is 1.43. The van der Waals surface area contributed by atoms with Crippen LogP contribution in [0.2, 0.25) is 0 Å². The van der Waals surface area contributed by atoms with Crippen LogP contribution in [0.4, 0.5) is 4.39 Å². The molecule has 0 bridgehead atoms. The second-order valence-corrected chi connectivity index (χ2v) is 6.59. The minimum atomic E-state index is -0.595. The molecule has 1 saturated carbocycles. The van der Waals surface area contributed by atoms with E-state index in [4.69, 9.17) is 0 Å². The van der Waals surface area contributed by atoms with Crippen LogP contribution in [0.3, 0.4) is 0 Å². The van der Waals surface area contributed by atoms with Crippen LogP contribution in [0.5, 0.6) is 0 Å². The maximum atomic E-state index is 13.7. The summed E-state index contributed by atoms with van der Waals surface area (Å²) in [7, 11) is 2.03. The largest absolute Gasteiger partial charge is 0.303 e. The van der Waals surface area contributed by atoms with Crippen molar-refractivity contribution in [1.82, 2.24) is 9.80 Å². The Kier molecular flexibility index (Phi) is 3.40. The monoisotopic (exact) mass is 240 g/mol. The first-order valence-corrected chi connectivity index (χ1v) is 7.25. The van der Waals surface area contributed by atoms with E-state index < -0.39 is 6.17 Å². The first-order chi connectivity index (χ1) is 8.20. The highest BCUT2D eigenvalue weighted by Crippen LogP contribution is 2.38. The molecule has 3 rings (SSSR count). The van der Waals surface area contributed by atoms with Crippen LogP contribution in [-0.2, 0) is 0 Å². The molecule has 2 saturated heterocycles. The molecule has 0 aromatic carbocycles. The van der Waals surface area contributed by atoms with Crippen LogP contribution in [0.25, 0.3) is 0 Å². The van der Waals surface area contributed by atoms with Crippen LogP contribution < -0.4 is 0 Å². The summed E-state index contributed by atoms with van der Waals surface area (Å²) in [6.07, 6.45) is 5.14. The fraction of sp³-hybridized carbons (Fsp3) is 1.00. The van der Waals surface area contributed by atoms with Crippen molar-refractivity contribution in [3.63, 3.8) is 0 Å². The van der Waals surface area contributed by atoms with Crippen molar-refractivity contribution in [3.05, 3.63) is 0 Å². The van der Waals surface area contributed by atoms with Crippen LogP contribution in [-0.4, -0.2) is 55.7 Å². The summed E-state index contributed by atoms with van der Waals surface area (Å²) in [6.45, 7) is 5.04. The van der Waals surface area contributed by atoms with Gasteiger partial charge >= 0.3 is 0 Å². The van der Waals surface area contributed by atoms with Gasteiger partial charge in [-0.25, -0.2) is 4.39 Å². The maximum absolute atomic E-state index is 13.7. The fourth-order valence-electron chi connectivity index (χ4n) is 3.64. The lowest BCUT2D eigenvalue weighted by molar-refractivity contribution is 0.206. The van der Waals surface area contributed by atoms with Crippen LogP contribution >= 0.6 is 0 Å². The molecule has 0 aromatic heterocycles. The molecule has 0 N–H and O–H groups in total.